The van der Waals surface area contributed by atoms with Gasteiger partial charge >= 0.3 is 0 Å². The quantitative estimate of drug-likeness (QED) is 0.205. The Bertz CT molecular complexity index is 1980. The molecular weight excluding hydrogens is 574 g/mol. The Morgan fingerprint density at radius 2 is 1.59 bits per heavy atom. The zero-order valence-corrected chi connectivity index (χ0v) is 22.4. The van der Waals surface area contributed by atoms with Crippen LogP contribution in [0.5, 0.6) is 0 Å². The van der Waals surface area contributed by atoms with E-state index in [1.165, 1.54) is 42.6 Å². The summed E-state index contributed by atoms with van der Waals surface area (Å²) >= 11 is 0. The van der Waals surface area contributed by atoms with Gasteiger partial charge in [0.05, 0.1) is 16.1 Å². The Labute approximate surface area is 232 Å². The van der Waals surface area contributed by atoms with Crippen LogP contribution in [0.4, 0.5) is 17.2 Å². The van der Waals surface area contributed by atoms with Gasteiger partial charge in [0.25, 0.3) is 37.4 Å². The van der Waals surface area contributed by atoms with Gasteiger partial charge in [-0.1, -0.05) is 42.5 Å². The molecule has 208 valence electrons. The standard InChI is InChI=1S/C25H19N7O7S2/c33-21(15-32-25(35)19-8-4-5-9-20(19)41(32,38)39)31-40(36,37)18-12-10-17(11-13-18)27-28-22-23(29-30-24(22)34)26-14-16-6-2-1-3-7-16/h1-14H,15H2,(H,31,33)(H2,29,30,34)/b26-14+,28-27?. The third-order valence-corrected chi connectivity index (χ3v) is 8.91. The predicted molar refractivity (Wildman–Crippen MR) is 146 cm³/mol. The van der Waals surface area contributed by atoms with Crippen molar-refractivity contribution in [2.75, 3.05) is 6.54 Å². The van der Waals surface area contributed by atoms with E-state index in [-0.39, 0.29) is 32.5 Å². The van der Waals surface area contributed by atoms with Gasteiger partial charge in [0.2, 0.25) is 0 Å². The number of benzene rings is 3. The smallest absolute Gasteiger partial charge is 0.280 e. The normalized spacial score (nSPS) is 14.5. The number of sulfonamides is 2. The van der Waals surface area contributed by atoms with Crippen molar-refractivity contribution in [2.45, 2.75) is 9.79 Å². The molecule has 0 atom stereocenters. The summed E-state index contributed by atoms with van der Waals surface area (Å²) in [5, 5.41) is 12.8. The summed E-state index contributed by atoms with van der Waals surface area (Å²) in [5.41, 5.74) is 0.192. The fourth-order valence-corrected chi connectivity index (χ4v) is 6.27. The zero-order chi connectivity index (χ0) is 29.2. The molecule has 2 heterocycles. The van der Waals surface area contributed by atoms with Crippen molar-refractivity contribution in [3.05, 3.63) is 100 Å². The molecule has 4 aromatic rings. The average Bonchev–Trinajstić information content (AvgIpc) is 3.40. The van der Waals surface area contributed by atoms with Gasteiger partial charge in [-0.15, -0.1) is 5.11 Å². The second-order valence-electron chi connectivity index (χ2n) is 8.48. The van der Waals surface area contributed by atoms with Gasteiger partial charge in [-0.25, -0.2) is 30.9 Å². The van der Waals surface area contributed by atoms with E-state index in [1.54, 1.807) is 4.72 Å². The molecule has 1 aliphatic heterocycles. The number of nitrogens with zero attached hydrogens (tertiary/aromatic N) is 4. The number of carbonyl (C=O) groups is 2. The largest absolute Gasteiger partial charge is 0.294 e. The molecule has 0 bridgehead atoms. The van der Waals surface area contributed by atoms with Gasteiger partial charge < -0.3 is 0 Å². The molecule has 1 aliphatic rings. The summed E-state index contributed by atoms with van der Waals surface area (Å²) in [4.78, 5) is 40.6. The van der Waals surface area contributed by atoms with Crippen molar-refractivity contribution >= 4 is 55.3 Å². The fourth-order valence-electron chi connectivity index (χ4n) is 3.76. The van der Waals surface area contributed by atoms with E-state index in [2.05, 4.69) is 25.4 Å². The predicted octanol–water partition coefficient (Wildman–Crippen LogP) is 2.52. The highest BCUT2D eigenvalue weighted by atomic mass is 32.2. The molecule has 16 heteroatoms. The number of rotatable bonds is 8. The van der Waals surface area contributed by atoms with E-state index in [0.29, 0.717) is 4.31 Å². The topological polar surface area (TPSA) is 203 Å². The van der Waals surface area contributed by atoms with Crippen LogP contribution in [-0.4, -0.2) is 55.9 Å². The van der Waals surface area contributed by atoms with E-state index >= 15 is 0 Å². The van der Waals surface area contributed by atoms with Crippen LogP contribution in [0.25, 0.3) is 0 Å². The number of hydrogen-bond acceptors (Lipinski definition) is 10. The lowest BCUT2D eigenvalue weighted by molar-refractivity contribution is -0.119. The van der Waals surface area contributed by atoms with Crippen LogP contribution in [-0.2, 0) is 24.8 Å². The van der Waals surface area contributed by atoms with Crippen LogP contribution in [0, 0.1) is 0 Å². The first kappa shape index (κ1) is 27.4. The molecule has 0 aliphatic carbocycles. The van der Waals surface area contributed by atoms with E-state index in [9.17, 15) is 31.2 Å². The number of aromatic nitrogens is 2. The Kier molecular flexibility index (Phi) is 7.17. The highest BCUT2D eigenvalue weighted by Gasteiger charge is 2.42. The SMILES string of the molecule is O=C(CN1C(=O)c2ccccc2S1(=O)=O)NS(=O)(=O)c1ccc(N=Nc2c(/N=C/c3ccccc3)[nH][nH]c2=O)cc1. The molecule has 0 radical (unpaired) electrons. The third-order valence-electron chi connectivity index (χ3n) is 5.74. The van der Waals surface area contributed by atoms with Crippen molar-refractivity contribution in [3.8, 4) is 0 Å². The summed E-state index contributed by atoms with van der Waals surface area (Å²) in [6.45, 7) is -1.03. The maximum Gasteiger partial charge on any atom is 0.294 e. The second kappa shape index (κ2) is 10.7. The molecule has 0 spiro atoms. The number of carbonyl (C=O) groups excluding carboxylic acids is 2. The van der Waals surface area contributed by atoms with Crippen molar-refractivity contribution in [2.24, 2.45) is 15.2 Å². The molecule has 41 heavy (non-hydrogen) atoms. The van der Waals surface area contributed by atoms with Crippen LogP contribution in [0.15, 0.2) is 109 Å². The molecule has 1 aromatic heterocycles. The number of aliphatic imine (C=N–C) groups is 1. The minimum Gasteiger partial charge on any atom is -0.280 e. The third kappa shape index (κ3) is 5.59. The summed E-state index contributed by atoms with van der Waals surface area (Å²) < 4.78 is 52.7. The Balaban J connectivity index is 1.26. The van der Waals surface area contributed by atoms with Crippen LogP contribution in [0.1, 0.15) is 15.9 Å². The number of amides is 2. The summed E-state index contributed by atoms with van der Waals surface area (Å²) in [6, 6.07) is 19.4. The molecule has 3 aromatic carbocycles. The highest BCUT2D eigenvalue weighted by molar-refractivity contribution is 7.90. The van der Waals surface area contributed by atoms with Crippen LogP contribution in [0.2, 0.25) is 0 Å². The highest BCUT2D eigenvalue weighted by Crippen LogP contribution is 2.29. The van der Waals surface area contributed by atoms with Crippen LogP contribution >= 0.6 is 0 Å². The number of H-pyrrole nitrogens is 2. The molecule has 14 nitrogen and oxygen atoms in total. The minimum absolute atomic E-state index is 0.102. The maximum atomic E-state index is 12.7. The van der Waals surface area contributed by atoms with Crippen LogP contribution < -0.4 is 10.3 Å². The lowest BCUT2D eigenvalue weighted by Crippen LogP contribution is -2.42. The lowest BCUT2D eigenvalue weighted by Gasteiger charge is -2.15. The minimum atomic E-state index is -4.43. The molecule has 0 unspecified atom stereocenters. The molecule has 3 N–H and O–H groups in total. The molecular formula is C25H19N7O7S2. The first-order chi connectivity index (χ1) is 19.6. The van der Waals surface area contributed by atoms with Gasteiger partial charge in [-0.2, -0.15) is 5.11 Å². The molecule has 0 fully saturated rings. The van der Waals surface area contributed by atoms with Gasteiger partial charge in [0, 0.05) is 6.21 Å². The number of fused-ring (bicyclic) bond motifs is 1. The van der Waals surface area contributed by atoms with Gasteiger partial charge in [0.1, 0.15) is 11.4 Å². The average molecular weight is 594 g/mol. The Hall–Kier alpha value is -5.22. The van der Waals surface area contributed by atoms with E-state index in [0.717, 1.165) is 17.7 Å². The zero-order valence-electron chi connectivity index (χ0n) is 20.8. The van der Waals surface area contributed by atoms with Crippen molar-refractivity contribution in [3.63, 3.8) is 0 Å². The number of hydrogen-bond donors (Lipinski definition) is 3. The van der Waals surface area contributed by atoms with E-state index < -0.39 is 44.0 Å². The maximum absolute atomic E-state index is 12.7. The number of nitrogens with one attached hydrogen (secondary N) is 3. The summed E-state index contributed by atoms with van der Waals surface area (Å²) in [7, 11) is -8.72. The molecule has 0 saturated heterocycles. The summed E-state index contributed by atoms with van der Waals surface area (Å²) in [5.74, 6) is -2.03. The number of aromatic amines is 2. The Morgan fingerprint density at radius 3 is 2.29 bits per heavy atom. The fraction of sp³-hybridized carbons (Fsp3) is 0.0400. The van der Waals surface area contributed by atoms with Crippen molar-refractivity contribution in [1.29, 1.82) is 0 Å². The monoisotopic (exact) mass is 593 g/mol. The molecule has 0 saturated carbocycles. The van der Waals surface area contributed by atoms with Gasteiger partial charge in [-0.05, 0) is 42.0 Å². The van der Waals surface area contributed by atoms with Crippen LogP contribution in [0.3, 0.4) is 0 Å². The first-order valence-electron chi connectivity index (χ1n) is 11.7. The first-order valence-corrected chi connectivity index (χ1v) is 14.6. The second-order valence-corrected chi connectivity index (χ2v) is 12.0. The van der Waals surface area contributed by atoms with Gasteiger partial charge in [0.15, 0.2) is 11.5 Å². The van der Waals surface area contributed by atoms with Crippen molar-refractivity contribution in [1.82, 2.24) is 19.2 Å². The van der Waals surface area contributed by atoms with Gasteiger partial charge in [-0.3, -0.25) is 24.6 Å². The van der Waals surface area contributed by atoms with Crippen molar-refractivity contribution < 1.29 is 26.4 Å². The van der Waals surface area contributed by atoms with E-state index in [4.69, 9.17) is 0 Å². The molecule has 5 rings (SSSR count). The number of azo groups is 1. The lowest BCUT2D eigenvalue weighted by atomic mass is 10.2. The van der Waals surface area contributed by atoms with E-state index in [1.807, 2.05) is 30.3 Å². The molecule has 2 amide bonds. The Morgan fingerprint density at radius 1 is 0.902 bits per heavy atom. The summed E-state index contributed by atoms with van der Waals surface area (Å²) in [6.07, 6.45) is 1.53.